The number of pyridine rings is 2. The third-order valence-corrected chi connectivity index (χ3v) is 5.75. The van der Waals surface area contributed by atoms with E-state index in [1.165, 1.54) is 24.5 Å². The van der Waals surface area contributed by atoms with Crippen LogP contribution in [0.2, 0.25) is 0 Å². The fraction of sp³-hybridized carbons (Fsp3) is 0.154. The molecule has 0 bridgehead atoms. The number of carbonyl (C=O) groups is 1. The third kappa shape index (κ3) is 4.74. The summed E-state index contributed by atoms with van der Waals surface area (Å²) in [5.74, 6) is -1.27. The molecule has 3 aromatic heterocycles. The van der Waals surface area contributed by atoms with E-state index in [4.69, 9.17) is 0 Å². The first-order chi connectivity index (χ1) is 17.3. The number of alkyl halides is 3. The zero-order chi connectivity index (χ0) is 25.3. The van der Waals surface area contributed by atoms with Crippen LogP contribution in [0, 0.1) is 5.82 Å². The first kappa shape index (κ1) is 23.4. The Morgan fingerprint density at radius 2 is 1.83 bits per heavy atom. The molecule has 0 saturated heterocycles. The van der Waals surface area contributed by atoms with E-state index in [1.54, 1.807) is 24.5 Å². The molecule has 0 radical (unpaired) electrons. The van der Waals surface area contributed by atoms with Crippen LogP contribution in [0.4, 0.5) is 23.2 Å². The van der Waals surface area contributed by atoms with Crippen LogP contribution >= 0.6 is 0 Å². The molecule has 0 aliphatic carbocycles. The second-order valence-electron chi connectivity index (χ2n) is 8.16. The minimum Gasteiger partial charge on any atom is -0.294 e. The maximum atomic E-state index is 14.6. The highest BCUT2D eigenvalue weighted by molar-refractivity contribution is 5.97. The molecule has 0 unspecified atom stereocenters. The molecule has 6 nitrogen and oxygen atoms in total. The summed E-state index contributed by atoms with van der Waals surface area (Å²) in [6, 6.07) is 9.85. The van der Waals surface area contributed by atoms with Crippen molar-refractivity contribution in [1.29, 1.82) is 0 Å². The van der Waals surface area contributed by atoms with Gasteiger partial charge in [-0.2, -0.15) is 13.2 Å². The first-order valence-electron chi connectivity index (χ1n) is 10.9. The quantitative estimate of drug-likeness (QED) is 0.268. The fourth-order valence-corrected chi connectivity index (χ4v) is 4.02. The zero-order valence-electron chi connectivity index (χ0n) is 18.6. The number of aromatic nitrogens is 4. The van der Waals surface area contributed by atoms with Gasteiger partial charge in [-0.1, -0.05) is 12.1 Å². The van der Waals surface area contributed by atoms with Gasteiger partial charge in [0.1, 0.15) is 29.2 Å². The van der Waals surface area contributed by atoms with Crippen molar-refractivity contribution in [2.45, 2.75) is 25.4 Å². The summed E-state index contributed by atoms with van der Waals surface area (Å²) in [5, 5.41) is 0. The summed E-state index contributed by atoms with van der Waals surface area (Å²) in [6.45, 7) is 0. The van der Waals surface area contributed by atoms with Crippen molar-refractivity contribution < 1.29 is 22.4 Å². The van der Waals surface area contributed by atoms with E-state index in [0.717, 1.165) is 17.5 Å². The molecular weight excluding hydrogens is 474 g/mol. The SMILES string of the molecule is O=C(Cc1cc(Cc2ncccc2-c2ncnc3c2N=CC3)ccc1F)c1ccnc(C(F)(F)F)c1. The number of hydrogen-bond donors (Lipinski definition) is 0. The molecule has 0 fully saturated rings. The lowest BCUT2D eigenvalue weighted by molar-refractivity contribution is -0.141. The van der Waals surface area contributed by atoms with Gasteiger partial charge in [0, 0.05) is 49.0 Å². The third-order valence-electron chi connectivity index (χ3n) is 5.75. The topological polar surface area (TPSA) is 81.0 Å². The lowest BCUT2D eigenvalue weighted by atomic mass is 9.97. The Balaban J connectivity index is 1.42. The molecule has 180 valence electrons. The van der Waals surface area contributed by atoms with Crippen LogP contribution in [-0.2, 0) is 25.4 Å². The maximum absolute atomic E-state index is 14.6. The van der Waals surface area contributed by atoms with Crippen molar-refractivity contribution in [3.63, 3.8) is 0 Å². The number of halogens is 4. The number of rotatable bonds is 6. The molecule has 36 heavy (non-hydrogen) atoms. The highest BCUT2D eigenvalue weighted by Gasteiger charge is 2.33. The molecule has 4 heterocycles. The van der Waals surface area contributed by atoms with E-state index in [0.29, 0.717) is 41.5 Å². The Morgan fingerprint density at radius 1 is 0.972 bits per heavy atom. The highest BCUT2D eigenvalue weighted by atomic mass is 19.4. The van der Waals surface area contributed by atoms with Crippen LogP contribution in [-0.4, -0.2) is 31.9 Å². The summed E-state index contributed by atoms with van der Waals surface area (Å²) in [4.78, 5) is 33.4. The number of hydrogen-bond acceptors (Lipinski definition) is 6. The van der Waals surface area contributed by atoms with Gasteiger partial charge in [0.05, 0.1) is 11.4 Å². The molecule has 0 atom stereocenters. The maximum Gasteiger partial charge on any atom is 0.433 e. The normalized spacial score (nSPS) is 12.6. The van der Waals surface area contributed by atoms with Crippen LogP contribution in [0.15, 0.2) is 66.2 Å². The number of carbonyl (C=O) groups excluding carboxylic acids is 1. The van der Waals surface area contributed by atoms with E-state index < -0.39 is 29.9 Å². The Bertz CT molecular complexity index is 1500. The second kappa shape index (κ2) is 9.37. The molecule has 0 amide bonds. The number of Topliss-reactive ketones (excluding diaryl/α,β-unsaturated/α-hetero) is 1. The molecule has 4 aromatic rings. The predicted octanol–water partition coefficient (Wildman–Crippen LogP) is 5.37. The van der Waals surface area contributed by atoms with Crippen molar-refractivity contribution >= 4 is 17.7 Å². The van der Waals surface area contributed by atoms with Crippen molar-refractivity contribution in [3.8, 4) is 11.3 Å². The van der Waals surface area contributed by atoms with E-state index in [2.05, 4.69) is 24.9 Å². The van der Waals surface area contributed by atoms with Gasteiger partial charge in [0.15, 0.2) is 5.78 Å². The number of ketones is 1. The largest absolute Gasteiger partial charge is 0.433 e. The van der Waals surface area contributed by atoms with Crippen LogP contribution in [0.5, 0.6) is 0 Å². The van der Waals surface area contributed by atoms with Crippen molar-refractivity contribution in [2.24, 2.45) is 4.99 Å². The first-order valence-corrected chi connectivity index (χ1v) is 10.9. The predicted molar refractivity (Wildman–Crippen MR) is 124 cm³/mol. The van der Waals surface area contributed by atoms with Crippen molar-refractivity contribution in [2.75, 3.05) is 0 Å². The summed E-state index contributed by atoms with van der Waals surface area (Å²) >= 11 is 0. The smallest absolute Gasteiger partial charge is 0.294 e. The van der Waals surface area contributed by atoms with Gasteiger partial charge in [0.25, 0.3) is 0 Å². The summed E-state index contributed by atoms with van der Waals surface area (Å²) in [7, 11) is 0. The minimum atomic E-state index is -4.68. The van der Waals surface area contributed by atoms with E-state index in [-0.39, 0.29) is 11.1 Å². The molecule has 0 N–H and O–H groups in total. The minimum absolute atomic E-state index is 0.0767. The molecular formula is C26H17F4N5O. The Morgan fingerprint density at radius 3 is 2.67 bits per heavy atom. The summed E-state index contributed by atoms with van der Waals surface area (Å²) < 4.78 is 53.4. The monoisotopic (exact) mass is 491 g/mol. The number of nitrogens with zero attached hydrogens (tertiary/aromatic N) is 5. The molecule has 0 spiro atoms. The van der Waals surface area contributed by atoms with Crippen molar-refractivity contribution in [3.05, 3.63) is 101 Å². The van der Waals surface area contributed by atoms with Gasteiger partial charge in [0.2, 0.25) is 0 Å². The van der Waals surface area contributed by atoms with E-state index in [9.17, 15) is 22.4 Å². The van der Waals surface area contributed by atoms with Gasteiger partial charge >= 0.3 is 6.18 Å². The van der Waals surface area contributed by atoms with Crippen LogP contribution in [0.25, 0.3) is 11.3 Å². The lowest BCUT2D eigenvalue weighted by Crippen LogP contribution is -2.11. The molecule has 0 saturated carbocycles. The number of aliphatic imine (C=N–C) groups is 1. The molecule has 5 rings (SSSR count). The molecule has 1 aliphatic rings. The summed E-state index contributed by atoms with van der Waals surface area (Å²) in [6.07, 6.45) is 1.65. The fourth-order valence-electron chi connectivity index (χ4n) is 4.02. The van der Waals surface area contributed by atoms with Gasteiger partial charge in [-0.3, -0.25) is 19.8 Å². The van der Waals surface area contributed by atoms with Gasteiger partial charge < -0.3 is 0 Å². The summed E-state index contributed by atoms with van der Waals surface area (Å²) in [5.41, 5.74) is 2.98. The van der Waals surface area contributed by atoms with E-state index >= 15 is 0 Å². The van der Waals surface area contributed by atoms with E-state index in [1.807, 2.05) is 6.07 Å². The number of benzene rings is 1. The average Bonchev–Trinajstić information content (AvgIpc) is 3.35. The lowest BCUT2D eigenvalue weighted by Gasteiger charge is -2.12. The average molecular weight is 491 g/mol. The Kier molecular flexibility index (Phi) is 6.09. The standard InChI is InChI=1S/C26H17F4N5O/c27-19-4-3-15(10-17(19)12-22(36)16-5-8-32-23(13-16)26(28,29)30)11-21-18(2-1-7-31-21)24-25-20(6-9-33-25)34-14-35-24/h1-5,7-10,13-14H,6,11-12H2. The zero-order valence-corrected chi connectivity index (χ0v) is 18.6. The van der Waals surface area contributed by atoms with Gasteiger partial charge in [-0.25, -0.2) is 14.4 Å². The number of fused-ring (bicyclic) bond motifs is 1. The Hall–Kier alpha value is -4.34. The van der Waals surface area contributed by atoms with Crippen molar-refractivity contribution in [1.82, 2.24) is 19.9 Å². The molecule has 1 aliphatic heterocycles. The van der Waals surface area contributed by atoms with Gasteiger partial charge in [-0.15, -0.1) is 0 Å². The highest BCUT2D eigenvalue weighted by Crippen LogP contribution is 2.35. The van der Waals surface area contributed by atoms with Crippen LogP contribution < -0.4 is 0 Å². The van der Waals surface area contributed by atoms with Crippen LogP contribution in [0.1, 0.15) is 38.6 Å². The second-order valence-corrected chi connectivity index (χ2v) is 8.16. The molecule has 1 aromatic carbocycles. The van der Waals surface area contributed by atoms with Gasteiger partial charge in [-0.05, 0) is 41.5 Å². The van der Waals surface area contributed by atoms with Crippen LogP contribution in [0.3, 0.4) is 0 Å². The Labute approximate surface area is 202 Å². The molecule has 10 heteroatoms.